The third-order valence-electron chi connectivity index (χ3n) is 4.62. The van der Waals surface area contributed by atoms with Crippen molar-refractivity contribution in [1.82, 2.24) is 19.9 Å². The molecule has 1 aromatic carbocycles. The van der Waals surface area contributed by atoms with E-state index in [0.29, 0.717) is 30.0 Å². The van der Waals surface area contributed by atoms with Gasteiger partial charge in [-0.3, -0.25) is 9.69 Å². The highest BCUT2D eigenvalue weighted by atomic mass is 32.2. The van der Waals surface area contributed by atoms with Gasteiger partial charge in [-0.1, -0.05) is 17.3 Å². The number of rotatable bonds is 4. The Morgan fingerprint density at radius 2 is 1.96 bits per heavy atom. The summed E-state index contributed by atoms with van der Waals surface area (Å²) in [5.41, 5.74) is 0.400. The van der Waals surface area contributed by atoms with Crippen molar-refractivity contribution in [3.05, 3.63) is 34.6 Å². The maximum Gasteiger partial charge on any atom is 0.278 e. The molecule has 8 heteroatoms. The maximum absolute atomic E-state index is 12.6. The molecule has 2 aromatic rings. The summed E-state index contributed by atoms with van der Waals surface area (Å²) >= 11 is 0. The molecule has 0 N–H and O–H groups in total. The van der Waals surface area contributed by atoms with Crippen molar-refractivity contribution in [3.8, 4) is 0 Å². The fourth-order valence-corrected chi connectivity index (χ4v) is 4.99. The molecule has 1 aromatic heterocycles. The minimum atomic E-state index is -2.95. The van der Waals surface area contributed by atoms with Gasteiger partial charge >= 0.3 is 0 Å². The van der Waals surface area contributed by atoms with E-state index in [9.17, 15) is 13.2 Å². The van der Waals surface area contributed by atoms with E-state index in [2.05, 4.69) is 15.2 Å². The Bertz CT molecular complexity index is 904. The Balaban J connectivity index is 1.65. The fraction of sp³-hybridized carbons (Fsp3) is 0.533. The number of aromatic nitrogens is 3. The van der Waals surface area contributed by atoms with Gasteiger partial charge in [0.25, 0.3) is 5.56 Å². The van der Waals surface area contributed by atoms with Gasteiger partial charge in [0.2, 0.25) is 0 Å². The highest BCUT2D eigenvalue weighted by molar-refractivity contribution is 7.91. The Labute approximate surface area is 133 Å². The highest BCUT2D eigenvalue weighted by Gasteiger charge is 2.39. The molecular formula is C15H18N4O3S. The number of hydrogen-bond acceptors (Lipinski definition) is 6. The van der Waals surface area contributed by atoms with Crippen LogP contribution in [0.1, 0.15) is 19.3 Å². The number of sulfone groups is 1. The van der Waals surface area contributed by atoms with Crippen molar-refractivity contribution in [3.63, 3.8) is 0 Å². The van der Waals surface area contributed by atoms with Gasteiger partial charge in [0.15, 0.2) is 9.84 Å². The molecule has 1 aliphatic carbocycles. The molecule has 1 atom stereocenters. The van der Waals surface area contributed by atoms with Gasteiger partial charge in [0, 0.05) is 12.1 Å². The van der Waals surface area contributed by atoms with E-state index >= 15 is 0 Å². The number of nitrogens with zero attached hydrogens (tertiary/aromatic N) is 4. The van der Waals surface area contributed by atoms with Crippen LogP contribution in [0.2, 0.25) is 0 Å². The van der Waals surface area contributed by atoms with E-state index in [1.54, 1.807) is 18.2 Å². The van der Waals surface area contributed by atoms with Crippen molar-refractivity contribution >= 4 is 20.7 Å². The van der Waals surface area contributed by atoms with Crippen molar-refractivity contribution in [2.75, 3.05) is 11.5 Å². The van der Waals surface area contributed by atoms with Gasteiger partial charge < -0.3 is 0 Å². The SMILES string of the molecule is O=c1c2ccccc2nnn1CN(C1CC1)[C@H]1CCS(=O)(=O)C1. The Hall–Kier alpha value is -1.80. The van der Waals surface area contributed by atoms with Crippen LogP contribution in [-0.2, 0) is 16.5 Å². The predicted octanol–water partition coefficient (Wildman–Crippen LogP) is 0.400. The zero-order valence-corrected chi connectivity index (χ0v) is 13.4. The Morgan fingerprint density at radius 3 is 2.65 bits per heavy atom. The normalized spacial score (nSPS) is 23.6. The molecule has 23 heavy (non-hydrogen) atoms. The summed E-state index contributed by atoms with van der Waals surface area (Å²) in [5.74, 6) is 0.415. The predicted molar refractivity (Wildman–Crippen MR) is 85.7 cm³/mol. The van der Waals surface area contributed by atoms with Gasteiger partial charge in [-0.15, -0.1) is 5.10 Å². The van der Waals surface area contributed by atoms with E-state index < -0.39 is 9.84 Å². The quantitative estimate of drug-likeness (QED) is 0.805. The first-order valence-electron chi connectivity index (χ1n) is 7.82. The van der Waals surface area contributed by atoms with E-state index in [0.717, 1.165) is 12.8 Å². The molecule has 1 aliphatic heterocycles. The molecule has 1 saturated heterocycles. The molecule has 0 unspecified atom stereocenters. The third-order valence-corrected chi connectivity index (χ3v) is 6.37. The first kappa shape index (κ1) is 14.8. The van der Waals surface area contributed by atoms with Crippen LogP contribution in [0.4, 0.5) is 0 Å². The second-order valence-corrected chi connectivity index (χ2v) is 8.58. The zero-order chi connectivity index (χ0) is 16.0. The number of fused-ring (bicyclic) bond motifs is 1. The van der Waals surface area contributed by atoms with Crippen LogP contribution < -0.4 is 5.56 Å². The second kappa shape index (κ2) is 5.38. The lowest BCUT2D eigenvalue weighted by molar-refractivity contribution is 0.141. The number of hydrogen-bond donors (Lipinski definition) is 0. The summed E-state index contributed by atoms with van der Waals surface area (Å²) in [6.45, 7) is 0.307. The van der Waals surface area contributed by atoms with E-state index in [1.807, 2.05) is 6.07 Å². The molecule has 2 aliphatic rings. The van der Waals surface area contributed by atoms with Crippen LogP contribution in [0.15, 0.2) is 29.1 Å². The highest BCUT2D eigenvalue weighted by Crippen LogP contribution is 2.32. The zero-order valence-electron chi connectivity index (χ0n) is 12.6. The van der Waals surface area contributed by atoms with Gasteiger partial charge in [-0.05, 0) is 31.4 Å². The molecule has 4 rings (SSSR count). The lowest BCUT2D eigenvalue weighted by Crippen LogP contribution is -2.42. The summed E-state index contributed by atoms with van der Waals surface area (Å²) < 4.78 is 24.9. The van der Waals surface area contributed by atoms with Crippen LogP contribution in [0.25, 0.3) is 10.9 Å². The third kappa shape index (κ3) is 2.88. The van der Waals surface area contributed by atoms with E-state index in [4.69, 9.17) is 0 Å². The summed E-state index contributed by atoms with van der Waals surface area (Å²) in [6, 6.07) is 7.46. The lowest BCUT2D eigenvalue weighted by atomic mass is 10.2. The standard InChI is InChI=1S/C15H18N4O3S/c20-15-13-3-1-2-4-14(13)16-17-19(15)10-18(11-5-6-11)12-7-8-23(21,22)9-12/h1-4,11-12H,5-10H2/t12-/m0/s1. The van der Waals surface area contributed by atoms with Gasteiger partial charge in [0.05, 0.1) is 23.6 Å². The Morgan fingerprint density at radius 1 is 1.17 bits per heavy atom. The monoisotopic (exact) mass is 334 g/mol. The van der Waals surface area contributed by atoms with Crippen molar-refractivity contribution in [1.29, 1.82) is 0 Å². The lowest BCUT2D eigenvalue weighted by Gasteiger charge is -2.27. The summed E-state index contributed by atoms with van der Waals surface area (Å²) in [5, 5.41) is 8.66. The van der Waals surface area contributed by atoms with Crippen LogP contribution in [-0.4, -0.2) is 51.9 Å². The molecule has 2 fully saturated rings. The summed E-state index contributed by atoms with van der Waals surface area (Å²) in [4.78, 5) is 14.7. The molecular weight excluding hydrogens is 316 g/mol. The minimum absolute atomic E-state index is 0.0207. The average molecular weight is 334 g/mol. The average Bonchev–Trinajstić information content (AvgIpc) is 3.30. The van der Waals surface area contributed by atoms with Crippen LogP contribution in [0, 0.1) is 0 Å². The second-order valence-electron chi connectivity index (χ2n) is 6.35. The van der Waals surface area contributed by atoms with Crippen molar-refractivity contribution in [2.45, 2.75) is 38.0 Å². The largest absolute Gasteiger partial charge is 0.278 e. The minimum Gasteiger partial charge on any atom is -0.277 e. The van der Waals surface area contributed by atoms with Gasteiger partial charge in [-0.2, -0.15) is 4.68 Å². The van der Waals surface area contributed by atoms with Crippen LogP contribution >= 0.6 is 0 Å². The molecule has 7 nitrogen and oxygen atoms in total. The molecule has 0 bridgehead atoms. The molecule has 0 amide bonds. The summed E-state index contributed by atoms with van der Waals surface area (Å²) in [6.07, 6.45) is 2.73. The topological polar surface area (TPSA) is 85.2 Å². The number of benzene rings is 1. The van der Waals surface area contributed by atoms with E-state index in [-0.39, 0.29) is 23.1 Å². The smallest absolute Gasteiger partial charge is 0.277 e. The van der Waals surface area contributed by atoms with Crippen LogP contribution in [0.5, 0.6) is 0 Å². The molecule has 0 radical (unpaired) electrons. The maximum atomic E-state index is 12.6. The Kier molecular flexibility index (Phi) is 3.46. The van der Waals surface area contributed by atoms with Gasteiger partial charge in [0.1, 0.15) is 5.52 Å². The molecule has 122 valence electrons. The molecule has 2 heterocycles. The first-order chi connectivity index (χ1) is 11.0. The van der Waals surface area contributed by atoms with Crippen molar-refractivity contribution < 1.29 is 8.42 Å². The van der Waals surface area contributed by atoms with E-state index in [1.165, 1.54) is 4.68 Å². The first-order valence-corrected chi connectivity index (χ1v) is 9.64. The summed E-state index contributed by atoms with van der Waals surface area (Å²) in [7, 11) is -2.95. The van der Waals surface area contributed by atoms with Crippen molar-refractivity contribution in [2.24, 2.45) is 0 Å². The molecule has 1 saturated carbocycles. The van der Waals surface area contributed by atoms with Gasteiger partial charge in [-0.25, -0.2) is 8.42 Å². The molecule has 0 spiro atoms. The van der Waals surface area contributed by atoms with Crippen LogP contribution in [0.3, 0.4) is 0 Å². The fourth-order valence-electron chi connectivity index (χ4n) is 3.24.